The van der Waals surface area contributed by atoms with Crippen molar-refractivity contribution in [3.05, 3.63) is 95.6 Å². The number of aromatic nitrogens is 1. The first-order valence-corrected chi connectivity index (χ1v) is 13.1. The molecular formula is C31H32N4O2. The maximum absolute atomic E-state index is 13.7. The van der Waals surface area contributed by atoms with Crippen molar-refractivity contribution in [1.82, 2.24) is 19.7 Å². The van der Waals surface area contributed by atoms with E-state index in [-0.39, 0.29) is 24.4 Å². The lowest BCUT2D eigenvalue weighted by Crippen LogP contribution is -2.42. The van der Waals surface area contributed by atoms with Crippen LogP contribution in [0.4, 0.5) is 0 Å². The summed E-state index contributed by atoms with van der Waals surface area (Å²) in [5.41, 5.74) is 5.93. The molecule has 2 amide bonds. The SMILES string of the molecule is Cn1c(-c2ccccc2)c(C2c3ccccc3C(=O)N2CC(=O)NCCN2CCCC2)c2ccccc21. The number of carbonyl (C=O) groups is 2. The summed E-state index contributed by atoms with van der Waals surface area (Å²) < 4.78 is 2.21. The van der Waals surface area contributed by atoms with Gasteiger partial charge in [-0.2, -0.15) is 0 Å². The summed E-state index contributed by atoms with van der Waals surface area (Å²) in [6, 6.07) is 26.0. The predicted molar refractivity (Wildman–Crippen MR) is 146 cm³/mol. The Morgan fingerprint density at radius 1 is 0.919 bits per heavy atom. The van der Waals surface area contributed by atoms with Crippen molar-refractivity contribution in [3.63, 3.8) is 0 Å². The van der Waals surface area contributed by atoms with Crippen LogP contribution in [-0.2, 0) is 11.8 Å². The molecule has 0 saturated carbocycles. The van der Waals surface area contributed by atoms with Crippen LogP contribution in [0.1, 0.15) is 40.4 Å². The van der Waals surface area contributed by atoms with Gasteiger partial charge in [-0.3, -0.25) is 9.59 Å². The second kappa shape index (κ2) is 9.87. The molecule has 1 N–H and O–H groups in total. The molecule has 2 aliphatic heterocycles. The molecule has 2 aliphatic rings. The maximum atomic E-state index is 13.7. The first-order chi connectivity index (χ1) is 18.1. The predicted octanol–water partition coefficient (Wildman–Crippen LogP) is 4.60. The number of benzene rings is 3. The molecular weight excluding hydrogens is 460 g/mol. The molecule has 1 atom stereocenters. The Balaban J connectivity index is 1.41. The van der Waals surface area contributed by atoms with Gasteiger partial charge in [-0.15, -0.1) is 0 Å². The van der Waals surface area contributed by atoms with Crippen molar-refractivity contribution in [2.75, 3.05) is 32.7 Å². The van der Waals surface area contributed by atoms with Crippen LogP contribution >= 0.6 is 0 Å². The van der Waals surface area contributed by atoms with Gasteiger partial charge in [-0.05, 0) is 49.2 Å². The summed E-state index contributed by atoms with van der Waals surface area (Å²) >= 11 is 0. The highest BCUT2D eigenvalue weighted by atomic mass is 16.2. The molecule has 1 saturated heterocycles. The fourth-order valence-corrected chi connectivity index (χ4v) is 6.06. The van der Waals surface area contributed by atoms with Crippen LogP contribution in [0.2, 0.25) is 0 Å². The molecule has 6 heteroatoms. The fourth-order valence-electron chi connectivity index (χ4n) is 6.06. The zero-order valence-corrected chi connectivity index (χ0v) is 21.2. The van der Waals surface area contributed by atoms with Crippen LogP contribution < -0.4 is 5.32 Å². The maximum Gasteiger partial charge on any atom is 0.255 e. The van der Waals surface area contributed by atoms with E-state index in [4.69, 9.17) is 0 Å². The minimum absolute atomic E-state index is 0.0234. The number of rotatable bonds is 7. The van der Waals surface area contributed by atoms with Crippen LogP contribution in [0.5, 0.6) is 0 Å². The van der Waals surface area contributed by atoms with E-state index in [0.717, 1.165) is 52.9 Å². The molecule has 1 fully saturated rings. The number of carbonyl (C=O) groups excluding carboxylic acids is 2. The van der Waals surface area contributed by atoms with Crippen molar-refractivity contribution in [2.24, 2.45) is 7.05 Å². The van der Waals surface area contributed by atoms with Gasteiger partial charge in [0.05, 0.1) is 11.7 Å². The minimum Gasteiger partial charge on any atom is -0.353 e. The van der Waals surface area contributed by atoms with Crippen molar-refractivity contribution < 1.29 is 9.59 Å². The van der Waals surface area contributed by atoms with Gasteiger partial charge >= 0.3 is 0 Å². The van der Waals surface area contributed by atoms with E-state index < -0.39 is 0 Å². The van der Waals surface area contributed by atoms with Crippen molar-refractivity contribution in [2.45, 2.75) is 18.9 Å². The molecule has 4 aromatic rings. The number of nitrogens with one attached hydrogen (secondary N) is 1. The third-order valence-electron chi connectivity index (χ3n) is 7.79. The standard InChI is InChI=1S/C31H32N4O2/c1-33-26-16-8-7-15-25(26)28(29(33)22-11-3-2-4-12-22)30-23-13-5-6-14-24(23)31(37)35(30)21-27(36)32-17-20-34-18-9-10-19-34/h2-8,11-16,30H,9-10,17-21H2,1H3,(H,32,36). The lowest BCUT2D eigenvalue weighted by molar-refractivity contribution is -0.122. The number of fused-ring (bicyclic) bond motifs is 2. The van der Waals surface area contributed by atoms with Crippen LogP contribution in [-0.4, -0.2) is 58.9 Å². The smallest absolute Gasteiger partial charge is 0.255 e. The Hall–Kier alpha value is -3.90. The number of nitrogens with zero attached hydrogens (tertiary/aromatic N) is 3. The van der Waals surface area contributed by atoms with E-state index in [1.807, 2.05) is 54.6 Å². The lowest BCUT2D eigenvalue weighted by Gasteiger charge is -2.26. The number of para-hydroxylation sites is 1. The Morgan fingerprint density at radius 2 is 1.62 bits per heavy atom. The Labute approximate surface area is 217 Å². The second-order valence-corrected chi connectivity index (χ2v) is 10.0. The van der Waals surface area contributed by atoms with Gasteiger partial charge in [0.1, 0.15) is 6.54 Å². The number of likely N-dealkylation sites (tertiary alicyclic amines) is 1. The van der Waals surface area contributed by atoms with E-state index >= 15 is 0 Å². The van der Waals surface area contributed by atoms with Gasteiger partial charge in [0.2, 0.25) is 5.91 Å². The quantitative estimate of drug-likeness (QED) is 0.410. The van der Waals surface area contributed by atoms with Crippen LogP contribution in [0.15, 0.2) is 78.9 Å². The number of hydrogen-bond acceptors (Lipinski definition) is 3. The van der Waals surface area contributed by atoms with E-state index in [2.05, 4.69) is 46.1 Å². The number of amides is 2. The highest BCUT2D eigenvalue weighted by Crippen LogP contribution is 2.46. The Kier molecular flexibility index (Phi) is 6.26. The van der Waals surface area contributed by atoms with E-state index in [1.54, 1.807) is 4.90 Å². The van der Waals surface area contributed by atoms with Crippen molar-refractivity contribution in [3.8, 4) is 11.3 Å². The molecule has 6 nitrogen and oxygen atoms in total. The first kappa shape index (κ1) is 23.5. The normalized spacial score (nSPS) is 17.5. The number of aryl methyl sites for hydroxylation is 1. The van der Waals surface area contributed by atoms with Crippen molar-refractivity contribution in [1.29, 1.82) is 0 Å². The fraction of sp³-hybridized carbons (Fsp3) is 0.290. The third kappa shape index (κ3) is 4.21. The molecule has 3 heterocycles. The lowest BCUT2D eigenvalue weighted by atomic mass is 9.93. The van der Waals surface area contributed by atoms with Gasteiger partial charge in [0.25, 0.3) is 5.91 Å². The molecule has 0 radical (unpaired) electrons. The van der Waals surface area contributed by atoms with E-state index in [1.165, 1.54) is 12.8 Å². The molecule has 37 heavy (non-hydrogen) atoms. The van der Waals surface area contributed by atoms with E-state index in [0.29, 0.717) is 12.1 Å². The highest BCUT2D eigenvalue weighted by molar-refractivity contribution is 6.03. The summed E-state index contributed by atoms with van der Waals surface area (Å²) in [7, 11) is 2.08. The zero-order valence-electron chi connectivity index (χ0n) is 21.2. The van der Waals surface area contributed by atoms with Gasteiger partial charge in [0.15, 0.2) is 0 Å². The summed E-state index contributed by atoms with van der Waals surface area (Å²) in [4.78, 5) is 31.0. The zero-order chi connectivity index (χ0) is 25.4. The largest absolute Gasteiger partial charge is 0.353 e. The van der Waals surface area contributed by atoms with Gasteiger partial charge in [0, 0.05) is 42.2 Å². The monoisotopic (exact) mass is 492 g/mol. The third-order valence-corrected chi connectivity index (χ3v) is 7.79. The summed E-state index contributed by atoms with van der Waals surface area (Å²) in [5, 5.41) is 4.16. The van der Waals surface area contributed by atoms with Crippen LogP contribution in [0, 0.1) is 0 Å². The van der Waals surface area contributed by atoms with Gasteiger partial charge in [-0.1, -0.05) is 66.7 Å². The average Bonchev–Trinajstić information content (AvgIpc) is 3.62. The van der Waals surface area contributed by atoms with Crippen LogP contribution in [0.25, 0.3) is 22.2 Å². The summed E-state index contributed by atoms with van der Waals surface area (Å²) in [6.45, 7) is 3.67. The second-order valence-electron chi connectivity index (χ2n) is 10.0. The molecule has 188 valence electrons. The number of hydrogen-bond donors (Lipinski definition) is 1. The summed E-state index contributed by atoms with van der Waals surface area (Å²) in [6.07, 6.45) is 2.45. The molecule has 1 unspecified atom stereocenters. The molecule has 3 aromatic carbocycles. The molecule has 6 rings (SSSR count). The summed E-state index contributed by atoms with van der Waals surface area (Å²) in [5.74, 6) is -0.214. The average molecular weight is 493 g/mol. The van der Waals surface area contributed by atoms with Crippen LogP contribution in [0.3, 0.4) is 0 Å². The highest BCUT2D eigenvalue weighted by Gasteiger charge is 2.41. The van der Waals surface area contributed by atoms with Gasteiger partial charge < -0.3 is 19.7 Å². The topological polar surface area (TPSA) is 57.6 Å². The Bertz CT molecular complexity index is 1450. The molecule has 0 bridgehead atoms. The van der Waals surface area contributed by atoms with Gasteiger partial charge in [-0.25, -0.2) is 0 Å². The Morgan fingerprint density at radius 3 is 2.43 bits per heavy atom. The molecule has 1 aromatic heterocycles. The van der Waals surface area contributed by atoms with Crippen molar-refractivity contribution >= 4 is 22.7 Å². The molecule has 0 aliphatic carbocycles. The molecule has 0 spiro atoms. The minimum atomic E-state index is -0.352. The van der Waals surface area contributed by atoms with E-state index in [9.17, 15) is 9.59 Å². The first-order valence-electron chi connectivity index (χ1n) is 13.1.